The number of amides is 1. The maximum absolute atomic E-state index is 12.4. The fourth-order valence-electron chi connectivity index (χ4n) is 5.92. The molecule has 4 fully saturated rings. The zero-order chi connectivity index (χ0) is 19.9. The lowest BCUT2D eigenvalue weighted by Gasteiger charge is -2.56. The Kier molecular flexibility index (Phi) is 5.04. The number of benzene rings is 1. The summed E-state index contributed by atoms with van der Waals surface area (Å²) in [6, 6.07) is 3.77. The van der Waals surface area contributed by atoms with Crippen LogP contribution < -0.4 is 5.32 Å². The molecule has 1 aromatic carbocycles. The van der Waals surface area contributed by atoms with Gasteiger partial charge in [0.2, 0.25) is 0 Å². The molecular weight excluding hydrogens is 384 g/mol. The van der Waals surface area contributed by atoms with Gasteiger partial charge in [-0.1, -0.05) is 11.6 Å². The summed E-state index contributed by atoms with van der Waals surface area (Å²) in [5, 5.41) is 13.5. The summed E-state index contributed by atoms with van der Waals surface area (Å²) in [4.78, 5) is 34.8. The summed E-state index contributed by atoms with van der Waals surface area (Å²) < 4.78 is 5.20. The van der Waals surface area contributed by atoms with Crippen molar-refractivity contribution in [3.8, 4) is 0 Å². The van der Waals surface area contributed by atoms with Gasteiger partial charge in [-0.2, -0.15) is 0 Å². The number of nitro benzene ring substituents is 1. The van der Waals surface area contributed by atoms with E-state index in [0.717, 1.165) is 37.0 Å². The number of esters is 1. The smallest absolute Gasteiger partial charge is 0.306 e. The molecule has 0 aliphatic heterocycles. The number of nitrogens with one attached hydrogen (secondary N) is 1. The van der Waals surface area contributed by atoms with E-state index in [2.05, 4.69) is 5.32 Å². The fourth-order valence-corrected chi connectivity index (χ4v) is 6.08. The Bertz CT molecular complexity index is 790. The van der Waals surface area contributed by atoms with Crippen molar-refractivity contribution < 1.29 is 19.2 Å². The van der Waals surface area contributed by atoms with E-state index in [-0.39, 0.29) is 27.8 Å². The second kappa shape index (κ2) is 7.35. The van der Waals surface area contributed by atoms with Crippen molar-refractivity contribution in [2.45, 2.75) is 44.9 Å². The van der Waals surface area contributed by atoms with Crippen LogP contribution in [0.5, 0.6) is 0 Å². The Morgan fingerprint density at radius 1 is 1.18 bits per heavy atom. The lowest BCUT2D eigenvalue weighted by atomic mass is 9.49. The number of ether oxygens (including phenoxy) is 1. The minimum Gasteiger partial charge on any atom is -0.456 e. The standard InChI is InChI=1S/C20H23ClN2O5/c21-16-2-1-15(23(26)27)6-17(16)22-18(24)11-28-19(25)10-20-7-12-3-13(8-20)5-14(4-12)9-20/h1-2,6,12-14H,3-5,7-11H2,(H,22,24). The maximum Gasteiger partial charge on any atom is 0.306 e. The molecule has 28 heavy (non-hydrogen) atoms. The van der Waals surface area contributed by atoms with Gasteiger partial charge in [0.25, 0.3) is 11.6 Å². The normalized spacial score (nSPS) is 30.1. The minimum atomic E-state index is -0.572. The number of nitro groups is 1. The van der Waals surface area contributed by atoms with Gasteiger partial charge in [0.05, 0.1) is 22.1 Å². The highest BCUT2D eigenvalue weighted by Crippen LogP contribution is 2.61. The number of rotatable bonds is 6. The molecule has 0 saturated heterocycles. The molecule has 0 unspecified atom stereocenters. The predicted octanol–water partition coefficient (Wildman–Crippen LogP) is 4.34. The molecule has 7 nitrogen and oxygen atoms in total. The van der Waals surface area contributed by atoms with E-state index in [9.17, 15) is 19.7 Å². The van der Waals surface area contributed by atoms with Crippen molar-refractivity contribution in [1.29, 1.82) is 0 Å². The van der Waals surface area contributed by atoms with Crippen LogP contribution in [0.15, 0.2) is 18.2 Å². The van der Waals surface area contributed by atoms with Crippen molar-refractivity contribution in [2.75, 3.05) is 11.9 Å². The number of anilines is 1. The third-order valence-electron chi connectivity index (χ3n) is 6.48. The van der Waals surface area contributed by atoms with Crippen molar-refractivity contribution in [2.24, 2.45) is 23.2 Å². The van der Waals surface area contributed by atoms with Gasteiger partial charge in [-0.3, -0.25) is 19.7 Å². The van der Waals surface area contributed by atoms with Gasteiger partial charge in [-0.25, -0.2) is 0 Å². The summed E-state index contributed by atoms with van der Waals surface area (Å²) in [5.74, 6) is 1.33. The number of nitrogens with zero attached hydrogens (tertiary/aromatic N) is 1. The number of hydrogen-bond donors (Lipinski definition) is 1. The molecule has 1 aromatic rings. The first-order chi connectivity index (χ1) is 13.3. The van der Waals surface area contributed by atoms with E-state index in [0.29, 0.717) is 6.42 Å². The molecule has 4 aliphatic rings. The average Bonchev–Trinajstić information content (AvgIpc) is 2.60. The van der Waals surface area contributed by atoms with Crippen molar-refractivity contribution >= 4 is 34.9 Å². The maximum atomic E-state index is 12.4. The fraction of sp³-hybridized carbons (Fsp3) is 0.600. The van der Waals surface area contributed by atoms with Crippen LogP contribution in [-0.4, -0.2) is 23.4 Å². The van der Waals surface area contributed by atoms with Crippen LogP contribution in [0, 0.1) is 33.3 Å². The zero-order valence-electron chi connectivity index (χ0n) is 15.5. The Balaban J connectivity index is 1.30. The molecule has 4 aliphatic carbocycles. The molecule has 1 amide bonds. The van der Waals surface area contributed by atoms with E-state index in [1.54, 1.807) is 0 Å². The third kappa shape index (κ3) is 3.99. The molecule has 5 rings (SSSR count). The van der Waals surface area contributed by atoms with Crippen LogP contribution in [0.4, 0.5) is 11.4 Å². The van der Waals surface area contributed by atoms with Gasteiger partial charge < -0.3 is 10.1 Å². The molecule has 0 spiro atoms. The number of non-ortho nitro benzene ring substituents is 1. The molecule has 0 radical (unpaired) electrons. The summed E-state index contributed by atoms with van der Waals surface area (Å²) in [7, 11) is 0. The van der Waals surface area contributed by atoms with Crippen molar-refractivity contribution in [1.82, 2.24) is 0 Å². The zero-order valence-corrected chi connectivity index (χ0v) is 16.2. The molecule has 8 heteroatoms. The van der Waals surface area contributed by atoms with Crippen LogP contribution >= 0.6 is 11.6 Å². The number of hydrogen-bond acceptors (Lipinski definition) is 5. The van der Waals surface area contributed by atoms with Gasteiger partial charge in [0, 0.05) is 12.1 Å². The first-order valence-electron chi connectivity index (χ1n) is 9.71. The molecule has 0 atom stereocenters. The number of carbonyl (C=O) groups is 2. The first-order valence-corrected chi connectivity index (χ1v) is 10.1. The van der Waals surface area contributed by atoms with Gasteiger partial charge in [0.1, 0.15) is 0 Å². The third-order valence-corrected chi connectivity index (χ3v) is 6.81. The van der Waals surface area contributed by atoms with E-state index >= 15 is 0 Å². The Labute approximate surface area is 167 Å². The Morgan fingerprint density at radius 3 is 2.36 bits per heavy atom. The van der Waals surface area contributed by atoms with Crippen LogP contribution in [-0.2, 0) is 14.3 Å². The number of carbonyl (C=O) groups excluding carboxylic acids is 2. The molecule has 4 saturated carbocycles. The Morgan fingerprint density at radius 2 is 1.79 bits per heavy atom. The van der Waals surface area contributed by atoms with E-state index < -0.39 is 17.4 Å². The predicted molar refractivity (Wildman–Crippen MR) is 103 cm³/mol. The molecule has 1 N–H and O–H groups in total. The monoisotopic (exact) mass is 406 g/mol. The quantitative estimate of drug-likeness (QED) is 0.430. The summed E-state index contributed by atoms with van der Waals surface area (Å²) in [6.45, 7) is -0.426. The first kappa shape index (κ1) is 19.2. The highest BCUT2D eigenvalue weighted by Gasteiger charge is 2.51. The van der Waals surface area contributed by atoms with E-state index in [4.69, 9.17) is 16.3 Å². The molecule has 0 heterocycles. The average molecular weight is 407 g/mol. The van der Waals surface area contributed by atoms with Crippen molar-refractivity contribution in [3.63, 3.8) is 0 Å². The van der Waals surface area contributed by atoms with Crippen LogP contribution in [0.3, 0.4) is 0 Å². The molecule has 150 valence electrons. The van der Waals surface area contributed by atoms with Gasteiger partial charge >= 0.3 is 5.97 Å². The van der Waals surface area contributed by atoms with Gasteiger partial charge in [-0.05, 0) is 67.8 Å². The van der Waals surface area contributed by atoms with Gasteiger partial charge in [0.15, 0.2) is 6.61 Å². The van der Waals surface area contributed by atoms with E-state index in [1.165, 1.54) is 37.5 Å². The summed E-state index contributed by atoms with van der Waals surface area (Å²) in [6.07, 6.45) is 7.60. The second-order valence-corrected chi connectivity index (χ2v) is 9.13. The molecular formula is C20H23ClN2O5. The van der Waals surface area contributed by atoms with Gasteiger partial charge in [-0.15, -0.1) is 0 Å². The largest absolute Gasteiger partial charge is 0.456 e. The van der Waals surface area contributed by atoms with E-state index in [1.807, 2.05) is 0 Å². The lowest BCUT2D eigenvalue weighted by Crippen LogP contribution is -2.47. The second-order valence-electron chi connectivity index (χ2n) is 8.72. The topological polar surface area (TPSA) is 98.5 Å². The molecule has 0 aromatic heterocycles. The highest BCUT2D eigenvalue weighted by molar-refractivity contribution is 6.33. The summed E-state index contributed by atoms with van der Waals surface area (Å²) in [5.41, 5.74) is 0.00238. The van der Waals surface area contributed by atoms with Crippen LogP contribution in [0.25, 0.3) is 0 Å². The minimum absolute atomic E-state index is 0.0612. The Hall–Kier alpha value is -2.15. The highest BCUT2D eigenvalue weighted by atomic mass is 35.5. The summed E-state index contributed by atoms with van der Waals surface area (Å²) >= 11 is 5.97. The van der Waals surface area contributed by atoms with Crippen LogP contribution in [0.2, 0.25) is 5.02 Å². The van der Waals surface area contributed by atoms with Crippen LogP contribution in [0.1, 0.15) is 44.9 Å². The molecule has 4 bridgehead atoms. The lowest BCUT2D eigenvalue weighted by molar-refractivity contribution is -0.384. The SMILES string of the molecule is O=C(COC(=O)CC12CC3CC(CC(C3)C1)C2)Nc1cc([N+](=O)[O-])ccc1Cl. The number of halogens is 1. The van der Waals surface area contributed by atoms with Crippen molar-refractivity contribution in [3.05, 3.63) is 33.3 Å².